The van der Waals surface area contributed by atoms with Gasteiger partial charge < -0.3 is 23.8 Å². The van der Waals surface area contributed by atoms with E-state index in [2.05, 4.69) is 95.3 Å². The van der Waals surface area contributed by atoms with Crippen molar-refractivity contribution in [3.05, 3.63) is 48.6 Å². The van der Waals surface area contributed by atoms with Crippen LogP contribution >= 0.6 is 17.0 Å². The average Bonchev–Trinajstić information content (AvgIpc) is 3.65. The molecule has 0 aromatic heterocycles. The number of rotatable bonds is 74. The first-order valence-corrected chi connectivity index (χ1v) is 38.7. The number of halogens is 1. The molecule has 0 aliphatic heterocycles. The predicted molar refractivity (Wildman–Crippen MR) is 391 cm³/mol. The summed E-state index contributed by atoms with van der Waals surface area (Å²) >= 11 is 0. The van der Waals surface area contributed by atoms with Crippen molar-refractivity contribution >= 4 is 17.0 Å². The van der Waals surface area contributed by atoms with Crippen LogP contribution in [0.2, 0.25) is 0 Å². The van der Waals surface area contributed by atoms with Crippen molar-refractivity contribution in [2.24, 2.45) is 0 Å². The first-order chi connectivity index (χ1) is 42.0. The van der Waals surface area contributed by atoms with Gasteiger partial charge in [0.25, 0.3) is 0 Å². The van der Waals surface area contributed by atoms with E-state index in [4.69, 9.17) is 18.9 Å². The Morgan fingerprint density at radius 2 is 0.523 bits per heavy atom. The van der Waals surface area contributed by atoms with Gasteiger partial charge in [-0.2, -0.15) is 0 Å². The van der Waals surface area contributed by atoms with Gasteiger partial charge in [0, 0.05) is 39.4 Å². The van der Waals surface area contributed by atoms with Crippen molar-refractivity contribution in [3.63, 3.8) is 0 Å². The molecule has 1 unspecified atom stereocenters. The van der Waals surface area contributed by atoms with E-state index < -0.39 is 0 Å². The van der Waals surface area contributed by atoms with Crippen LogP contribution in [-0.2, 0) is 18.9 Å². The fraction of sp³-hybridized carbons (Fsp3) is 0.900. The fourth-order valence-corrected chi connectivity index (χ4v) is 12.0. The summed E-state index contributed by atoms with van der Waals surface area (Å²) in [5.74, 6) is 0. The molecule has 0 rings (SSSR count). The Labute approximate surface area is 552 Å². The van der Waals surface area contributed by atoms with E-state index in [0.29, 0.717) is 6.61 Å². The highest BCUT2D eigenvalue weighted by Gasteiger charge is 2.33. The minimum absolute atomic E-state index is 0. The van der Waals surface area contributed by atoms with Crippen molar-refractivity contribution in [1.82, 2.24) is 4.90 Å². The first-order valence-electron chi connectivity index (χ1n) is 38.7. The molecule has 0 saturated heterocycles. The molecule has 0 N–H and O–H groups in total. The highest BCUT2D eigenvalue weighted by Crippen LogP contribution is 2.26. The standard InChI is InChI=1S/C80H155NO4.BrH/c1-7-11-15-19-23-27-31-35-39-43-47-51-55-59-63-67-73-82-78-80(77-81(5)6,85-76-70-66-62-58-54-50-46-42-38-34-30-26-22-18-14-10-4)72-71-79(83-74-68-64-60-56-52-48-44-40-36-32-28-24-20-16-12-8-2)84-75-69-65-61-57-53-49-45-41-37-33-29-25-21-17-13-9-3;/h35-42,79H,7-34,43-78H2,1-6H3;1H/b39-35-,40-36-,41-37-,42-38-;. The lowest BCUT2D eigenvalue weighted by molar-refractivity contribution is -0.167. The Kier molecular flexibility index (Phi) is 77.9. The van der Waals surface area contributed by atoms with E-state index in [1.165, 1.54) is 334 Å². The summed E-state index contributed by atoms with van der Waals surface area (Å²) < 4.78 is 27.2. The molecular formula is C80H156BrNO4. The molecule has 0 aliphatic rings. The van der Waals surface area contributed by atoms with Crippen LogP contribution in [0.5, 0.6) is 0 Å². The molecule has 6 heteroatoms. The van der Waals surface area contributed by atoms with E-state index in [9.17, 15) is 0 Å². The molecule has 0 heterocycles. The maximum absolute atomic E-state index is 7.12. The molecule has 0 spiro atoms. The van der Waals surface area contributed by atoms with Gasteiger partial charge in [0.2, 0.25) is 0 Å². The van der Waals surface area contributed by atoms with Crippen molar-refractivity contribution < 1.29 is 18.9 Å². The van der Waals surface area contributed by atoms with Crippen LogP contribution in [-0.4, -0.2) is 70.5 Å². The van der Waals surface area contributed by atoms with E-state index in [1.807, 2.05) is 0 Å². The third kappa shape index (κ3) is 70.7. The number of hydrogen-bond donors (Lipinski definition) is 0. The molecule has 0 fully saturated rings. The summed E-state index contributed by atoms with van der Waals surface area (Å²) in [6, 6.07) is 0. The Morgan fingerprint density at radius 3 is 0.791 bits per heavy atom. The second-order valence-corrected chi connectivity index (χ2v) is 26.8. The summed E-state index contributed by atoms with van der Waals surface area (Å²) in [4.78, 5) is 2.32. The van der Waals surface area contributed by atoms with Crippen LogP contribution in [0, 0.1) is 0 Å². The monoisotopic (exact) mass is 1270 g/mol. The summed E-state index contributed by atoms with van der Waals surface area (Å²) in [7, 11) is 4.42. The lowest BCUT2D eigenvalue weighted by Gasteiger charge is -2.37. The van der Waals surface area contributed by atoms with Gasteiger partial charge in [-0.25, -0.2) is 0 Å². The molecule has 512 valence electrons. The fourth-order valence-electron chi connectivity index (χ4n) is 12.0. The van der Waals surface area contributed by atoms with Gasteiger partial charge in [-0.1, -0.05) is 307 Å². The SMILES string of the molecule is Br.CCCCCCCC/C=C\CCCCCCCCOCC(CCC(OCCCCCCCC/C=C\CCCCCCCC)OCCCCCCCC/C=C\CCCCCCCC)(CN(C)C)OCCCCCCCC/C=C\CCCCCCCC. The molecule has 86 heavy (non-hydrogen) atoms. The van der Waals surface area contributed by atoms with Crippen molar-refractivity contribution in [2.45, 2.75) is 412 Å². The Bertz CT molecular complexity index is 1310. The maximum atomic E-state index is 7.12. The topological polar surface area (TPSA) is 40.2 Å². The Balaban J connectivity index is 0. The molecule has 0 aliphatic carbocycles. The number of unbranched alkanes of at least 4 members (excludes halogenated alkanes) is 48. The molecule has 0 amide bonds. The molecule has 0 bridgehead atoms. The summed E-state index contributed by atoms with van der Waals surface area (Å²) in [6.45, 7) is 13.9. The highest BCUT2D eigenvalue weighted by molar-refractivity contribution is 8.93. The number of nitrogens with zero attached hydrogens (tertiary/aromatic N) is 1. The van der Waals surface area contributed by atoms with E-state index in [0.717, 1.165) is 71.5 Å². The number of likely N-dealkylation sites (N-methyl/N-ethyl adjacent to an activating group) is 1. The number of hydrogen-bond acceptors (Lipinski definition) is 5. The van der Waals surface area contributed by atoms with Crippen molar-refractivity contribution in [3.8, 4) is 0 Å². The van der Waals surface area contributed by atoms with Crippen LogP contribution in [0.4, 0.5) is 0 Å². The minimum Gasteiger partial charge on any atom is -0.378 e. The smallest absolute Gasteiger partial charge is 0.157 e. The van der Waals surface area contributed by atoms with Gasteiger partial charge in [-0.3, -0.25) is 0 Å². The number of ether oxygens (including phenoxy) is 4. The molecule has 1 atom stereocenters. The van der Waals surface area contributed by atoms with Gasteiger partial charge in [-0.15, -0.1) is 17.0 Å². The molecule has 0 saturated carbocycles. The molecule has 0 radical (unpaired) electrons. The summed E-state index contributed by atoms with van der Waals surface area (Å²) in [5.41, 5.74) is -0.383. The number of allylic oxidation sites excluding steroid dienone is 8. The van der Waals surface area contributed by atoms with E-state index >= 15 is 0 Å². The van der Waals surface area contributed by atoms with Crippen molar-refractivity contribution in [1.29, 1.82) is 0 Å². The summed E-state index contributed by atoms with van der Waals surface area (Å²) in [6.07, 6.45) is 95.1. The zero-order valence-electron chi connectivity index (χ0n) is 59.4. The second kappa shape index (κ2) is 76.7. The maximum Gasteiger partial charge on any atom is 0.157 e. The van der Waals surface area contributed by atoms with Gasteiger partial charge in [0.15, 0.2) is 6.29 Å². The van der Waals surface area contributed by atoms with Crippen molar-refractivity contribution in [2.75, 3.05) is 53.7 Å². The summed E-state index contributed by atoms with van der Waals surface area (Å²) in [5, 5.41) is 0. The van der Waals surface area contributed by atoms with E-state index in [1.54, 1.807) is 0 Å². The molecular weight excluding hydrogens is 1120 g/mol. The van der Waals surface area contributed by atoms with Crippen LogP contribution in [0.1, 0.15) is 400 Å². The third-order valence-electron chi connectivity index (χ3n) is 17.6. The molecule has 5 nitrogen and oxygen atoms in total. The third-order valence-corrected chi connectivity index (χ3v) is 17.6. The van der Waals surface area contributed by atoms with Crippen LogP contribution in [0.15, 0.2) is 48.6 Å². The van der Waals surface area contributed by atoms with Crippen LogP contribution < -0.4 is 0 Å². The quantitative estimate of drug-likeness (QED) is 0.0345. The minimum atomic E-state index is -0.383. The van der Waals surface area contributed by atoms with Gasteiger partial charge in [0.1, 0.15) is 5.60 Å². The lowest BCUT2D eigenvalue weighted by Crippen LogP contribution is -2.48. The van der Waals surface area contributed by atoms with Gasteiger partial charge in [-0.05, 0) is 149 Å². The van der Waals surface area contributed by atoms with Gasteiger partial charge in [0.05, 0.1) is 6.61 Å². The molecule has 0 aromatic carbocycles. The second-order valence-electron chi connectivity index (χ2n) is 26.8. The van der Waals surface area contributed by atoms with E-state index in [-0.39, 0.29) is 28.9 Å². The Morgan fingerprint density at radius 1 is 0.291 bits per heavy atom. The van der Waals surface area contributed by atoms with Crippen LogP contribution in [0.3, 0.4) is 0 Å². The zero-order chi connectivity index (χ0) is 61.4. The lowest BCUT2D eigenvalue weighted by atomic mass is 9.96. The van der Waals surface area contributed by atoms with Crippen LogP contribution in [0.25, 0.3) is 0 Å². The largest absolute Gasteiger partial charge is 0.378 e. The highest BCUT2D eigenvalue weighted by atomic mass is 79.9. The normalized spacial score (nSPS) is 12.9. The van der Waals surface area contributed by atoms with Gasteiger partial charge >= 0.3 is 0 Å². The zero-order valence-corrected chi connectivity index (χ0v) is 61.2. The predicted octanol–water partition coefficient (Wildman–Crippen LogP) is 27.2. The first kappa shape index (κ1) is 87.3. The molecule has 0 aromatic rings. The average molecular weight is 1280 g/mol. The Hall–Kier alpha value is -0.760.